The lowest BCUT2D eigenvalue weighted by molar-refractivity contribution is -0.115. The maximum absolute atomic E-state index is 11.5. The van der Waals surface area contributed by atoms with Crippen molar-refractivity contribution in [2.45, 2.75) is 27.7 Å². The van der Waals surface area contributed by atoms with E-state index < -0.39 is 0 Å². The Hall–Kier alpha value is -3.92. The number of hydrogen-bond acceptors (Lipinski definition) is 2. The summed E-state index contributed by atoms with van der Waals surface area (Å²) < 4.78 is 0. The summed E-state index contributed by atoms with van der Waals surface area (Å²) in [6, 6.07) is 24.9. The van der Waals surface area contributed by atoms with Crippen molar-refractivity contribution in [1.82, 2.24) is 0 Å². The van der Waals surface area contributed by atoms with Crippen LogP contribution in [0.3, 0.4) is 0 Å². The second kappa shape index (κ2) is 8.67. The topological polar surface area (TPSA) is 58.2 Å². The van der Waals surface area contributed by atoms with Crippen molar-refractivity contribution in [2.75, 3.05) is 10.6 Å². The Morgan fingerprint density at radius 3 is 1.44 bits per heavy atom. The van der Waals surface area contributed by atoms with Gasteiger partial charge in [-0.2, -0.15) is 0 Å². The van der Waals surface area contributed by atoms with E-state index in [0.29, 0.717) is 0 Å². The zero-order chi connectivity index (χ0) is 22.8. The van der Waals surface area contributed by atoms with Crippen molar-refractivity contribution in [3.63, 3.8) is 0 Å². The van der Waals surface area contributed by atoms with Crippen molar-refractivity contribution in [1.29, 1.82) is 0 Å². The second-order valence-electron chi connectivity index (χ2n) is 8.13. The molecule has 32 heavy (non-hydrogen) atoms. The van der Waals surface area contributed by atoms with Gasteiger partial charge in [0.25, 0.3) is 0 Å². The van der Waals surface area contributed by atoms with Crippen LogP contribution in [0, 0.1) is 13.8 Å². The molecule has 0 unspecified atom stereocenters. The quantitative estimate of drug-likeness (QED) is 0.384. The third-order valence-corrected chi connectivity index (χ3v) is 5.60. The van der Waals surface area contributed by atoms with Gasteiger partial charge in [0.1, 0.15) is 0 Å². The molecule has 0 bridgehead atoms. The molecule has 0 atom stereocenters. The first kappa shape index (κ1) is 21.3. The van der Waals surface area contributed by atoms with Crippen molar-refractivity contribution in [3.05, 3.63) is 83.9 Å². The van der Waals surface area contributed by atoms with Gasteiger partial charge in [0.2, 0.25) is 11.8 Å². The Balaban J connectivity index is 1.87. The van der Waals surface area contributed by atoms with Gasteiger partial charge in [-0.3, -0.25) is 9.59 Å². The van der Waals surface area contributed by atoms with Crippen LogP contribution >= 0.6 is 0 Å². The molecule has 0 fully saturated rings. The van der Waals surface area contributed by atoms with Crippen LogP contribution in [-0.4, -0.2) is 11.8 Å². The highest BCUT2D eigenvalue weighted by molar-refractivity contribution is 6.07. The van der Waals surface area contributed by atoms with Crippen LogP contribution in [0.15, 0.2) is 72.8 Å². The van der Waals surface area contributed by atoms with E-state index in [4.69, 9.17) is 0 Å². The number of nitrogens with one attached hydrogen (secondary N) is 2. The third kappa shape index (κ3) is 4.26. The van der Waals surface area contributed by atoms with Gasteiger partial charge in [0.15, 0.2) is 0 Å². The highest BCUT2D eigenvalue weighted by Crippen LogP contribution is 2.38. The molecule has 0 radical (unpaired) electrons. The first-order valence-electron chi connectivity index (χ1n) is 10.6. The summed E-state index contributed by atoms with van der Waals surface area (Å²) in [5.41, 5.74) is 8.16. The molecule has 2 amide bonds. The standard InChI is InChI=1S/C28H26N2O2/c1-17-15-22(11-13-26(17)29-19(3)31)24-9-5-7-21-8-6-10-25(28(21)24)23-12-14-27(18(2)16-23)30-20(4)32/h5-16H,1-4H3,(H,29,31)(H,30,32). The number of anilines is 2. The highest BCUT2D eigenvalue weighted by Gasteiger charge is 2.12. The Morgan fingerprint density at radius 2 is 1.06 bits per heavy atom. The minimum Gasteiger partial charge on any atom is -0.326 e. The summed E-state index contributed by atoms with van der Waals surface area (Å²) in [5.74, 6) is -0.155. The average molecular weight is 423 g/mol. The van der Waals surface area contributed by atoms with Crippen LogP contribution < -0.4 is 10.6 Å². The molecule has 0 heterocycles. The highest BCUT2D eigenvalue weighted by atomic mass is 16.2. The van der Waals surface area contributed by atoms with Gasteiger partial charge in [0.05, 0.1) is 0 Å². The molecule has 4 heteroatoms. The zero-order valence-electron chi connectivity index (χ0n) is 18.7. The van der Waals surface area contributed by atoms with Gasteiger partial charge in [0, 0.05) is 25.2 Å². The molecule has 160 valence electrons. The van der Waals surface area contributed by atoms with E-state index in [1.807, 2.05) is 26.0 Å². The summed E-state index contributed by atoms with van der Waals surface area (Å²) in [6.45, 7) is 7.04. The molecule has 4 nitrogen and oxygen atoms in total. The molecule has 0 saturated heterocycles. The van der Waals surface area contributed by atoms with Gasteiger partial charge < -0.3 is 10.6 Å². The Bertz CT molecular complexity index is 1250. The number of amides is 2. The van der Waals surface area contributed by atoms with E-state index in [2.05, 4.69) is 71.3 Å². The molecule has 4 aromatic carbocycles. The molecule has 4 rings (SSSR count). The van der Waals surface area contributed by atoms with Crippen LogP contribution in [-0.2, 0) is 9.59 Å². The fourth-order valence-corrected chi connectivity index (χ4v) is 4.14. The van der Waals surface area contributed by atoms with E-state index >= 15 is 0 Å². The van der Waals surface area contributed by atoms with Crippen LogP contribution in [0.4, 0.5) is 11.4 Å². The van der Waals surface area contributed by atoms with Crippen molar-refractivity contribution < 1.29 is 9.59 Å². The fourth-order valence-electron chi connectivity index (χ4n) is 4.14. The van der Waals surface area contributed by atoms with Crippen LogP contribution in [0.5, 0.6) is 0 Å². The molecule has 4 aromatic rings. The second-order valence-corrected chi connectivity index (χ2v) is 8.13. The molecule has 0 saturated carbocycles. The number of rotatable bonds is 4. The molecule has 0 aliphatic heterocycles. The van der Waals surface area contributed by atoms with Gasteiger partial charge in [-0.15, -0.1) is 0 Å². The molecule has 2 N–H and O–H groups in total. The normalized spacial score (nSPS) is 10.8. The first-order valence-corrected chi connectivity index (χ1v) is 10.6. The van der Waals surface area contributed by atoms with Crippen molar-refractivity contribution in [2.24, 2.45) is 0 Å². The van der Waals surface area contributed by atoms with Crippen molar-refractivity contribution >= 4 is 34.0 Å². The zero-order valence-corrected chi connectivity index (χ0v) is 18.7. The lowest BCUT2D eigenvalue weighted by Gasteiger charge is -2.15. The largest absolute Gasteiger partial charge is 0.326 e. The van der Waals surface area contributed by atoms with Gasteiger partial charge in [-0.25, -0.2) is 0 Å². The average Bonchev–Trinajstić information content (AvgIpc) is 2.75. The molecule has 0 aliphatic rings. The SMILES string of the molecule is CC(=O)Nc1ccc(-c2cccc3cccc(-c4ccc(NC(C)=O)c(C)c4)c23)cc1C. The van der Waals surface area contributed by atoms with E-state index in [9.17, 15) is 9.59 Å². The minimum atomic E-state index is -0.0774. The monoisotopic (exact) mass is 422 g/mol. The summed E-state index contributed by atoms with van der Waals surface area (Å²) in [4.78, 5) is 22.9. The lowest BCUT2D eigenvalue weighted by Crippen LogP contribution is -2.07. The summed E-state index contributed by atoms with van der Waals surface area (Å²) in [5, 5.41) is 8.10. The Labute approximate surface area is 188 Å². The van der Waals surface area contributed by atoms with Gasteiger partial charge in [-0.05, 0) is 82.3 Å². The predicted molar refractivity (Wildman–Crippen MR) is 133 cm³/mol. The van der Waals surface area contributed by atoms with E-state index in [-0.39, 0.29) is 11.8 Å². The predicted octanol–water partition coefficient (Wildman–Crippen LogP) is 6.71. The smallest absolute Gasteiger partial charge is 0.221 e. The minimum absolute atomic E-state index is 0.0774. The maximum atomic E-state index is 11.5. The van der Waals surface area contributed by atoms with Crippen LogP contribution in [0.1, 0.15) is 25.0 Å². The molecular formula is C28H26N2O2. The van der Waals surface area contributed by atoms with E-state index in [1.165, 1.54) is 19.2 Å². The fraction of sp³-hybridized carbons (Fsp3) is 0.143. The maximum Gasteiger partial charge on any atom is 0.221 e. The number of carbonyl (C=O) groups is 2. The van der Waals surface area contributed by atoms with Gasteiger partial charge >= 0.3 is 0 Å². The number of fused-ring (bicyclic) bond motifs is 1. The number of aryl methyl sites for hydroxylation is 2. The van der Waals surface area contributed by atoms with Crippen LogP contribution in [0.25, 0.3) is 33.0 Å². The summed E-state index contributed by atoms with van der Waals surface area (Å²) >= 11 is 0. The molecular weight excluding hydrogens is 396 g/mol. The number of benzene rings is 4. The lowest BCUT2D eigenvalue weighted by atomic mass is 9.90. The Morgan fingerprint density at radius 1 is 0.625 bits per heavy atom. The number of hydrogen-bond donors (Lipinski definition) is 2. The van der Waals surface area contributed by atoms with E-state index in [1.54, 1.807) is 0 Å². The van der Waals surface area contributed by atoms with E-state index in [0.717, 1.165) is 50.1 Å². The Kier molecular flexibility index (Phi) is 5.78. The summed E-state index contributed by atoms with van der Waals surface area (Å²) in [7, 11) is 0. The van der Waals surface area contributed by atoms with Crippen LogP contribution in [0.2, 0.25) is 0 Å². The van der Waals surface area contributed by atoms with Crippen molar-refractivity contribution in [3.8, 4) is 22.3 Å². The summed E-state index contributed by atoms with van der Waals surface area (Å²) in [6.07, 6.45) is 0. The molecule has 0 aliphatic carbocycles. The third-order valence-electron chi connectivity index (χ3n) is 5.60. The molecule has 0 aromatic heterocycles. The van der Waals surface area contributed by atoms with Gasteiger partial charge in [-0.1, -0.05) is 48.5 Å². The first-order chi connectivity index (χ1) is 15.3. The number of carbonyl (C=O) groups excluding carboxylic acids is 2. The molecule has 0 spiro atoms.